The van der Waals surface area contributed by atoms with E-state index in [1.807, 2.05) is 0 Å². The van der Waals surface area contributed by atoms with Gasteiger partial charge in [-0.1, -0.05) is 6.07 Å². The maximum atomic E-state index is 11.9. The number of benzene rings is 1. The molecule has 1 rings (SSSR count). The fourth-order valence-corrected chi connectivity index (χ4v) is 2.56. The van der Waals surface area contributed by atoms with Crippen LogP contribution in [-0.4, -0.2) is 38.6 Å². The van der Waals surface area contributed by atoms with Gasteiger partial charge in [-0.05, 0) is 25.1 Å². The predicted molar refractivity (Wildman–Crippen MR) is 65.2 cm³/mol. The molecule has 0 unspecified atom stereocenters. The van der Waals surface area contributed by atoms with E-state index in [4.69, 9.17) is 5.11 Å². The van der Waals surface area contributed by atoms with Crippen LogP contribution in [0.1, 0.15) is 17.3 Å². The summed E-state index contributed by atoms with van der Waals surface area (Å²) in [4.78, 5) is 21.7. The summed E-state index contributed by atoms with van der Waals surface area (Å²) in [5.41, 5.74) is -0.159. The van der Waals surface area contributed by atoms with Gasteiger partial charge in [-0.2, -0.15) is 4.72 Å². The molecule has 0 radical (unpaired) electrons. The Balaban J connectivity index is 3.04. The van der Waals surface area contributed by atoms with Crippen LogP contribution in [0, 0.1) is 0 Å². The molecule has 104 valence electrons. The van der Waals surface area contributed by atoms with Crippen molar-refractivity contribution >= 4 is 22.0 Å². The summed E-state index contributed by atoms with van der Waals surface area (Å²) in [5, 5.41) is 8.79. The number of hydrogen-bond donors (Lipinski definition) is 2. The van der Waals surface area contributed by atoms with E-state index in [0.717, 1.165) is 13.2 Å². The van der Waals surface area contributed by atoms with Gasteiger partial charge in [-0.25, -0.2) is 13.2 Å². The molecule has 0 spiro atoms. The number of rotatable bonds is 5. The highest BCUT2D eigenvalue weighted by atomic mass is 32.2. The van der Waals surface area contributed by atoms with Crippen LogP contribution >= 0.6 is 0 Å². The van der Waals surface area contributed by atoms with Crippen molar-refractivity contribution in [2.45, 2.75) is 17.9 Å². The van der Waals surface area contributed by atoms with E-state index in [-0.39, 0.29) is 10.5 Å². The van der Waals surface area contributed by atoms with Gasteiger partial charge in [0.1, 0.15) is 6.04 Å². The van der Waals surface area contributed by atoms with Crippen molar-refractivity contribution in [2.24, 2.45) is 0 Å². The van der Waals surface area contributed by atoms with Crippen molar-refractivity contribution in [3.8, 4) is 0 Å². The number of aromatic carboxylic acids is 1. The number of hydrogen-bond acceptors (Lipinski definition) is 5. The minimum atomic E-state index is -3.98. The van der Waals surface area contributed by atoms with Gasteiger partial charge in [0.15, 0.2) is 0 Å². The van der Waals surface area contributed by atoms with E-state index in [9.17, 15) is 18.0 Å². The fraction of sp³-hybridized carbons (Fsp3) is 0.273. The number of ether oxygens (including phenoxy) is 1. The first-order chi connectivity index (χ1) is 8.77. The molecule has 19 heavy (non-hydrogen) atoms. The van der Waals surface area contributed by atoms with Crippen LogP contribution in [0.15, 0.2) is 29.2 Å². The van der Waals surface area contributed by atoms with Crippen molar-refractivity contribution in [1.29, 1.82) is 0 Å². The molecule has 1 aromatic carbocycles. The Labute approximate surface area is 110 Å². The first kappa shape index (κ1) is 15.1. The Bertz CT molecular complexity index is 595. The summed E-state index contributed by atoms with van der Waals surface area (Å²) in [6.45, 7) is 1.32. The Morgan fingerprint density at radius 2 is 2.00 bits per heavy atom. The van der Waals surface area contributed by atoms with Crippen LogP contribution in [0.25, 0.3) is 0 Å². The molecule has 2 N–H and O–H groups in total. The van der Waals surface area contributed by atoms with E-state index >= 15 is 0 Å². The Hall–Kier alpha value is -1.93. The number of carboxylic acids is 1. The maximum absolute atomic E-state index is 11.9. The highest BCUT2D eigenvalue weighted by Crippen LogP contribution is 2.12. The normalized spacial score (nSPS) is 12.7. The third kappa shape index (κ3) is 3.76. The average molecular weight is 287 g/mol. The molecule has 0 amide bonds. The van der Waals surface area contributed by atoms with Gasteiger partial charge in [-0.15, -0.1) is 0 Å². The van der Waals surface area contributed by atoms with E-state index in [0.29, 0.717) is 0 Å². The molecule has 0 bridgehead atoms. The largest absolute Gasteiger partial charge is 0.478 e. The smallest absolute Gasteiger partial charge is 0.335 e. The van der Waals surface area contributed by atoms with E-state index in [2.05, 4.69) is 9.46 Å². The zero-order valence-electron chi connectivity index (χ0n) is 10.3. The molecule has 0 aromatic heterocycles. The van der Waals surface area contributed by atoms with Crippen LogP contribution in [-0.2, 0) is 19.6 Å². The fourth-order valence-electron chi connectivity index (χ4n) is 1.32. The van der Waals surface area contributed by atoms with Crippen molar-refractivity contribution in [3.05, 3.63) is 29.8 Å². The first-order valence-electron chi connectivity index (χ1n) is 5.21. The Morgan fingerprint density at radius 3 is 2.53 bits per heavy atom. The molecule has 0 aliphatic carbocycles. The zero-order chi connectivity index (χ0) is 14.6. The average Bonchev–Trinajstić information content (AvgIpc) is 2.37. The number of carbonyl (C=O) groups is 2. The van der Waals surface area contributed by atoms with Crippen molar-refractivity contribution in [1.82, 2.24) is 4.72 Å². The molecule has 8 heteroatoms. The molecule has 0 saturated carbocycles. The molecular weight excluding hydrogens is 274 g/mol. The monoisotopic (exact) mass is 287 g/mol. The van der Waals surface area contributed by atoms with Crippen LogP contribution in [0.2, 0.25) is 0 Å². The third-order valence-corrected chi connectivity index (χ3v) is 3.82. The number of sulfonamides is 1. The quantitative estimate of drug-likeness (QED) is 0.750. The van der Waals surface area contributed by atoms with Gasteiger partial charge in [0.2, 0.25) is 10.0 Å². The summed E-state index contributed by atoms with van der Waals surface area (Å²) in [7, 11) is -2.85. The standard InChI is InChI=1S/C11H13NO6S/c1-7(11(15)18-2)12-19(16,17)9-5-3-4-8(6-9)10(13)14/h3-7,12H,1-2H3,(H,13,14)/t7-/m0/s1. The molecule has 0 aliphatic heterocycles. The molecule has 0 saturated heterocycles. The molecule has 1 aromatic rings. The van der Waals surface area contributed by atoms with Crippen LogP contribution in [0.4, 0.5) is 0 Å². The summed E-state index contributed by atoms with van der Waals surface area (Å²) in [6.07, 6.45) is 0. The van der Waals surface area contributed by atoms with Gasteiger partial charge >= 0.3 is 11.9 Å². The summed E-state index contributed by atoms with van der Waals surface area (Å²) < 4.78 is 30.3. The van der Waals surface area contributed by atoms with E-state index < -0.39 is 28.0 Å². The summed E-state index contributed by atoms with van der Waals surface area (Å²) in [5.74, 6) is -1.98. The highest BCUT2D eigenvalue weighted by molar-refractivity contribution is 7.89. The zero-order valence-corrected chi connectivity index (χ0v) is 11.1. The van der Waals surface area contributed by atoms with Gasteiger partial charge in [0.05, 0.1) is 17.6 Å². The van der Waals surface area contributed by atoms with Crippen molar-refractivity contribution in [2.75, 3.05) is 7.11 Å². The Kier molecular flexibility index (Phi) is 4.62. The van der Waals surface area contributed by atoms with Crippen LogP contribution in [0.3, 0.4) is 0 Å². The number of esters is 1. The topological polar surface area (TPSA) is 110 Å². The van der Waals surface area contributed by atoms with Crippen molar-refractivity contribution < 1.29 is 27.9 Å². The Morgan fingerprint density at radius 1 is 1.37 bits per heavy atom. The molecule has 0 heterocycles. The lowest BCUT2D eigenvalue weighted by atomic mass is 10.2. The second-order valence-electron chi connectivity index (χ2n) is 3.70. The lowest BCUT2D eigenvalue weighted by molar-refractivity contribution is -0.142. The number of carboxylic acid groups (broad SMARTS) is 1. The number of nitrogens with one attached hydrogen (secondary N) is 1. The summed E-state index contributed by atoms with van der Waals surface area (Å²) >= 11 is 0. The van der Waals surface area contributed by atoms with E-state index in [1.54, 1.807) is 0 Å². The van der Waals surface area contributed by atoms with E-state index in [1.165, 1.54) is 25.1 Å². The van der Waals surface area contributed by atoms with Gasteiger partial charge < -0.3 is 9.84 Å². The number of carbonyl (C=O) groups excluding carboxylic acids is 1. The second kappa shape index (κ2) is 5.81. The van der Waals surface area contributed by atoms with Gasteiger partial charge in [-0.3, -0.25) is 4.79 Å². The molecular formula is C11H13NO6S. The minimum Gasteiger partial charge on any atom is -0.478 e. The molecule has 7 nitrogen and oxygen atoms in total. The minimum absolute atomic E-state index is 0.159. The third-order valence-electron chi connectivity index (χ3n) is 2.28. The lowest BCUT2D eigenvalue weighted by Crippen LogP contribution is -2.39. The molecule has 1 atom stereocenters. The van der Waals surface area contributed by atoms with Gasteiger partial charge in [0.25, 0.3) is 0 Å². The number of methoxy groups -OCH3 is 1. The predicted octanol–water partition coefficient (Wildman–Crippen LogP) is 0.225. The van der Waals surface area contributed by atoms with Gasteiger partial charge in [0, 0.05) is 0 Å². The van der Waals surface area contributed by atoms with Crippen LogP contribution < -0.4 is 4.72 Å². The highest BCUT2D eigenvalue weighted by Gasteiger charge is 2.23. The first-order valence-corrected chi connectivity index (χ1v) is 6.70. The van der Waals surface area contributed by atoms with Crippen molar-refractivity contribution in [3.63, 3.8) is 0 Å². The summed E-state index contributed by atoms with van der Waals surface area (Å²) in [6, 6.07) is 3.75. The molecule has 0 fully saturated rings. The molecule has 0 aliphatic rings. The maximum Gasteiger partial charge on any atom is 0.335 e. The SMILES string of the molecule is COC(=O)[C@H](C)NS(=O)(=O)c1cccc(C(=O)O)c1. The van der Waals surface area contributed by atoms with Crippen LogP contribution in [0.5, 0.6) is 0 Å². The second-order valence-corrected chi connectivity index (χ2v) is 5.41. The lowest BCUT2D eigenvalue weighted by Gasteiger charge is -2.12.